The Morgan fingerprint density at radius 1 is 1.43 bits per heavy atom. The monoisotopic (exact) mass is 190 g/mol. The van der Waals surface area contributed by atoms with Crippen molar-refractivity contribution in [2.75, 3.05) is 0 Å². The number of hydrogen-bond acceptors (Lipinski definition) is 1. The summed E-state index contributed by atoms with van der Waals surface area (Å²) in [5.41, 5.74) is 3.62. The zero-order chi connectivity index (χ0) is 10.3. The van der Waals surface area contributed by atoms with Crippen LogP contribution in [-0.2, 0) is 13.6 Å². The highest BCUT2D eigenvalue weighted by Crippen LogP contribution is 2.14. The minimum Gasteiger partial charge on any atom is -0.260 e. The van der Waals surface area contributed by atoms with Crippen LogP contribution in [0.2, 0.25) is 0 Å². The topological polar surface area (TPSA) is 21.7 Å². The van der Waals surface area contributed by atoms with Crippen molar-refractivity contribution in [2.24, 2.45) is 7.05 Å². The van der Waals surface area contributed by atoms with Crippen molar-refractivity contribution in [3.05, 3.63) is 23.7 Å². The van der Waals surface area contributed by atoms with Crippen molar-refractivity contribution in [1.82, 2.24) is 9.55 Å². The molecule has 2 aromatic rings. The highest BCUT2D eigenvalue weighted by Gasteiger charge is 2.19. The molecule has 2 heterocycles. The molecular formula is C11H16N3+. The van der Waals surface area contributed by atoms with E-state index in [9.17, 15) is 0 Å². The van der Waals surface area contributed by atoms with Gasteiger partial charge in [0.15, 0.2) is 5.52 Å². The predicted molar refractivity (Wildman–Crippen MR) is 56.1 cm³/mol. The summed E-state index contributed by atoms with van der Waals surface area (Å²) in [6, 6.07) is 2.06. The number of aromatic nitrogens is 3. The van der Waals surface area contributed by atoms with E-state index < -0.39 is 0 Å². The molecule has 0 aromatic carbocycles. The first-order valence-electron chi connectivity index (χ1n) is 4.97. The van der Waals surface area contributed by atoms with E-state index in [0.29, 0.717) is 0 Å². The van der Waals surface area contributed by atoms with Crippen molar-refractivity contribution < 1.29 is 4.57 Å². The van der Waals surface area contributed by atoms with E-state index >= 15 is 0 Å². The van der Waals surface area contributed by atoms with Gasteiger partial charge in [0.1, 0.15) is 6.20 Å². The van der Waals surface area contributed by atoms with E-state index in [1.165, 1.54) is 16.9 Å². The summed E-state index contributed by atoms with van der Waals surface area (Å²) in [6.45, 7) is 7.38. The standard InChI is InChI=1S/C11H16N3/c1-5-14-9(3)13(4)10-8(2)6-7-12-11(10)14/h6-7H,5H2,1-4H3/q+1. The largest absolute Gasteiger partial charge is 0.302 e. The summed E-state index contributed by atoms with van der Waals surface area (Å²) in [7, 11) is 2.10. The smallest absolute Gasteiger partial charge is 0.260 e. The Morgan fingerprint density at radius 2 is 2.14 bits per heavy atom. The molecule has 0 bridgehead atoms. The third-order valence-corrected chi connectivity index (χ3v) is 2.89. The van der Waals surface area contributed by atoms with Gasteiger partial charge in [-0.05, 0) is 25.5 Å². The van der Waals surface area contributed by atoms with Crippen molar-refractivity contribution >= 4 is 11.2 Å². The number of hydrogen-bond donors (Lipinski definition) is 0. The number of fused-ring (bicyclic) bond motifs is 1. The van der Waals surface area contributed by atoms with Gasteiger partial charge in [-0.25, -0.2) is 4.57 Å². The first-order chi connectivity index (χ1) is 6.66. The fourth-order valence-electron chi connectivity index (χ4n) is 2.02. The second-order valence-electron chi connectivity index (χ2n) is 3.65. The average Bonchev–Trinajstić information content (AvgIpc) is 2.41. The van der Waals surface area contributed by atoms with Crippen LogP contribution in [0.1, 0.15) is 18.3 Å². The quantitative estimate of drug-likeness (QED) is 0.624. The van der Waals surface area contributed by atoms with Crippen LogP contribution in [0.3, 0.4) is 0 Å². The third kappa shape index (κ3) is 1.05. The van der Waals surface area contributed by atoms with Gasteiger partial charge in [-0.2, -0.15) is 0 Å². The zero-order valence-corrected chi connectivity index (χ0v) is 9.20. The molecule has 0 aliphatic heterocycles. The molecule has 0 spiro atoms. The number of imidazole rings is 1. The molecule has 14 heavy (non-hydrogen) atoms. The molecule has 74 valence electrons. The molecule has 0 aliphatic carbocycles. The Labute approximate surface area is 84.0 Å². The molecule has 0 fully saturated rings. The van der Waals surface area contributed by atoms with Gasteiger partial charge in [0.05, 0.1) is 13.6 Å². The molecule has 0 saturated carbocycles. The summed E-state index contributed by atoms with van der Waals surface area (Å²) in [5, 5.41) is 0. The van der Waals surface area contributed by atoms with Crippen molar-refractivity contribution in [3.8, 4) is 0 Å². The molecule has 3 heteroatoms. The van der Waals surface area contributed by atoms with Crippen LogP contribution < -0.4 is 4.57 Å². The lowest BCUT2D eigenvalue weighted by molar-refractivity contribution is -0.676. The van der Waals surface area contributed by atoms with Crippen LogP contribution in [0, 0.1) is 13.8 Å². The molecule has 0 aliphatic rings. The average molecular weight is 190 g/mol. The summed E-state index contributed by atoms with van der Waals surface area (Å²) in [5.74, 6) is 1.25. The van der Waals surface area contributed by atoms with E-state index in [1.54, 1.807) is 0 Å². The van der Waals surface area contributed by atoms with Crippen LogP contribution in [-0.4, -0.2) is 9.55 Å². The molecule has 0 N–H and O–H groups in total. The number of rotatable bonds is 1. The van der Waals surface area contributed by atoms with Crippen molar-refractivity contribution in [1.29, 1.82) is 0 Å². The summed E-state index contributed by atoms with van der Waals surface area (Å²) in [6.07, 6.45) is 1.88. The Kier molecular flexibility index (Phi) is 2.02. The normalized spacial score (nSPS) is 11.1. The van der Waals surface area contributed by atoms with E-state index in [0.717, 1.165) is 12.2 Å². The fourth-order valence-corrected chi connectivity index (χ4v) is 2.02. The second-order valence-corrected chi connectivity index (χ2v) is 3.65. The molecule has 2 aromatic heterocycles. The van der Waals surface area contributed by atoms with Gasteiger partial charge >= 0.3 is 5.65 Å². The molecular weight excluding hydrogens is 174 g/mol. The number of nitrogens with zero attached hydrogens (tertiary/aromatic N) is 3. The summed E-state index contributed by atoms with van der Waals surface area (Å²) >= 11 is 0. The molecule has 0 amide bonds. The first-order valence-corrected chi connectivity index (χ1v) is 4.97. The van der Waals surface area contributed by atoms with Gasteiger partial charge in [-0.1, -0.05) is 0 Å². The van der Waals surface area contributed by atoms with Gasteiger partial charge in [0, 0.05) is 6.92 Å². The van der Waals surface area contributed by atoms with Gasteiger partial charge in [0.25, 0.3) is 0 Å². The lowest BCUT2D eigenvalue weighted by Gasteiger charge is -1.93. The van der Waals surface area contributed by atoms with Crippen LogP contribution in [0.25, 0.3) is 11.2 Å². The van der Waals surface area contributed by atoms with Gasteiger partial charge in [0.2, 0.25) is 5.82 Å². The predicted octanol–water partition coefficient (Wildman–Crippen LogP) is 1.50. The zero-order valence-electron chi connectivity index (χ0n) is 9.20. The highest BCUT2D eigenvalue weighted by atomic mass is 15.2. The van der Waals surface area contributed by atoms with E-state index in [-0.39, 0.29) is 0 Å². The molecule has 0 radical (unpaired) electrons. The Balaban J connectivity index is 2.95. The molecule has 2 rings (SSSR count). The summed E-state index contributed by atoms with van der Waals surface area (Å²) < 4.78 is 4.45. The minimum atomic E-state index is 0.972. The minimum absolute atomic E-state index is 0.972. The SMILES string of the molecule is CC[n+]1c(C)n(C)c2c(C)ccnc21. The highest BCUT2D eigenvalue weighted by molar-refractivity contribution is 5.71. The van der Waals surface area contributed by atoms with Crippen LogP contribution >= 0.6 is 0 Å². The fraction of sp³-hybridized carbons (Fsp3) is 0.455. The van der Waals surface area contributed by atoms with Crippen LogP contribution in [0.15, 0.2) is 12.3 Å². The van der Waals surface area contributed by atoms with Crippen molar-refractivity contribution in [2.45, 2.75) is 27.3 Å². The molecule has 0 unspecified atom stereocenters. The molecule has 3 nitrogen and oxygen atoms in total. The Bertz CT molecular complexity index is 483. The van der Waals surface area contributed by atoms with Gasteiger partial charge < -0.3 is 0 Å². The van der Waals surface area contributed by atoms with Crippen molar-refractivity contribution in [3.63, 3.8) is 0 Å². The van der Waals surface area contributed by atoms with E-state index in [1.807, 2.05) is 6.20 Å². The first kappa shape index (κ1) is 9.19. The number of pyridine rings is 1. The maximum absolute atomic E-state index is 4.44. The number of aryl methyl sites for hydroxylation is 3. The maximum atomic E-state index is 4.44. The maximum Gasteiger partial charge on any atom is 0.302 e. The lowest BCUT2D eigenvalue weighted by atomic mass is 10.3. The second kappa shape index (κ2) is 3.08. The van der Waals surface area contributed by atoms with E-state index in [4.69, 9.17) is 0 Å². The molecule has 0 atom stereocenters. The third-order valence-electron chi connectivity index (χ3n) is 2.89. The van der Waals surface area contributed by atoms with Gasteiger partial charge in [-0.15, -0.1) is 4.98 Å². The Hall–Kier alpha value is -1.38. The van der Waals surface area contributed by atoms with Crippen LogP contribution in [0.4, 0.5) is 0 Å². The molecule has 0 saturated heterocycles. The Morgan fingerprint density at radius 3 is 2.79 bits per heavy atom. The van der Waals surface area contributed by atoms with Crippen LogP contribution in [0.5, 0.6) is 0 Å². The summed E-state index contributed by atoms with van der Waals surface area (Å²) in [4.78, 5) is 4.44. The van der Waals surface area contributed by atoms with E-state index in [2.05, 4.69) is 48.0 Å². The lowest BCUT2D eigenvalue weighted by Crippen LogP contribution is -2.35. The van der Waals surface area contributed by atoms with Gasteiger partial charge in [-0.3, -0.25) is 4.57 Å².